The van der Waals surface area contributed by atoms with E-state index in [0.717, 1.165) is 18.4 Å². The summed E-state index contributed by atoms with van der Waals surface area (Å²) in [6, 6.07) is 8.02. The highest BCUT2D eigenvalue weighted by molar-refractivity contribution is 5.23. The van der Waals surface area contributed by atoms with E-state index in [0.29, 0.717) is 12.7 Å². The van der Waals surface area contributed by atoms with Gasteiger partial charge in [0.1, 0.15) is 6.10 Å². The summed E-state index contributed by atoms with van der Waals surface area (Å²) in [7, 11) is 0. The van der Waals surface area contributed by atoms with Crippen LogP contribution in [-0.2, 0) is 4.74 Å². The first-order valence-electron chi connectivity index (χ1n) is 7.12. The molecule has 18 heavy (non-hydrogen) atoms. The Bertz CT molecular complexity index is 354. The van der Waals surface area contributed by atoms with Gasteiger partial charge in [-0.1, -0.05) is 55.5 Å². The summed E-state index contributed by atoms with van der Waals surface area (Å²) < 4.78 is 5.87. The molecule has 1 N–H and O–H groups in total. The zero-order chi connectivity index (χ0) is 12.8. The van der Waals surface area contributed by atoms with Gasteiger partial charge in [-0.15, -0.1) is 0 Å². The highest BCUT2D eigenvalue weighted by atomic mass is 16.5. The highest BCUT2D eigenvalue weighted by Gasteiger charge is 2.15. The zero-order valence-corrected chi connectivity index (χ0v) is 11.3. The summed E-state index contributed by atoms with van der Waals surface area (Å²) in [5, 5.41) is 10.1. The Hall–Kier alpha value is -0.860. The molecule has 0 aromatic heterocycles. The van der Waals surface area contributed by atoms with Crippen LogP contribution in [0.25, 0.3) is 0 Å². The standard InChI is InChI=1S/C16H24O2/c1-13-7-6-8-14(11-13)16(17)12-18-15-9-4-2-3-5-10-15/h6-8,11,15-17H,2-5,9-10,12H2,1H3. The van der Waals surface area contributed by atoms with E-state index in [1.165, 1.54) is 31.2 Å². The minimum absolute atomic E-state index is 0.354. The van der Waals surface area contributed by atoms with Crippen molar-refractivity contribution in [1.29, 1.82) is 0 Å². The molecule has 0 bridgehead atoms. The van der Waals surface area contributed by atoms with Crippen LogP contribution in [0.1, 0.15) is 55.8 Å². The van der Waals surface area contributed by atoms with Crippen LogP contribution in [0.15, 0.2) is 24.3 Å². The SMILES string of the molecule is Cc1cccc(C(O)COC2CCCCCC2)c1. The number of aryl methyl sites for hydroxylation is 1. The van der Waals surface area contributed by atoms with E-state index >= 15 is 0 Å². The summed E-state index contributed by atoms with van der Waals surface area (Å²) in [5.41, 5.74) is 2.14. The predicted octanol–water partition coefficient (Wildman–Crippen LogP) is 3.77. The molecular weight excluding hydrogens is 224 g/mol. The van der Waals surface area contributed by atoms with Gasteiger partial charge in [0, 0.05) is 0 Å². The molecule has 100 valence electrons. The topological polar surface area (TPSA) is 29.5 Å². The molecule has 0 saturated heterocycles. The molecule has 0 radical (unpaired) electrons. The molecule has 1 aromatic rings. The molecule has 1 aromatic carbocycles. The van der Waals surface area contributed by atoms with E-state index in [9.17, 15) is 5.11 Å². The lowest BCUT2D eigenvalue weighted by Crippen LogP contribution is -2.17. The van der Waals surface area contributed by atoms with E-state index < -0.39 is 6.10 Å². The van der Waals surface area contributed by atoms with Crippen LogP contribution < -0.4 is 0 Å². The molecule has 1 aliphatic rings. The summed E-state index contributed by atoms with van der Waals surface area (Å²) >= 11 is 0. The second-order valence-corrected chi connectivity index (χ2v) is 5.38. The first-order valence-corrected chi connectivity index (χ1v) is 7.12. The van der Waals surface area contributed by atoms with Crippen LogP contribution in [0.2, 0.25) is 0 Å². The number of aliphatic hydroxyl groups is 1. The van der Waals surface area contributed by atoms with Crippen LogP contribution >= 0.6 is 0 Å². The lowest BCUT2D eigenvalue weighted by molar-refractivity contribution is -0.0159. The molecule has 0 amide bonds. The zero-order valence-electron chi connectivity index (χ0n) is 11.3. The maximum Gasteiger partial charge on any atom is 0.102 e. The predicted molar refractivity (Wildman–Crippen MR) is 73.6 cm³/mol. The number of aliphatic hydroxyl groups excluding tert-OH is 1. The fourth-order valence-electron chi connectivity index (χ4n) is 2.61. The van der Waals surface area contributed by atoms with Gasteiger partial charge in [-0.25, -0.2) is 0 Å². The van der Waals surface area contributed by atoms with Crippen LogP contribution in [0.4, 0.5) is 0 Å². The van der Waals surface area contributed by atoms with E-state index in [1.54, 1.807) is 0 Å². The minimum Gasteiger partial charge on any atom is -0.386 e. The van der Waals surface area contributed by atoms with Crippen molar-refractivity contribution in [2.75, 3.05) is 6.61 Å². The molecule has 0 spiro atoms. The van der Waals surface area contributed by atoms with E-state index in [4.69, 9.17) is 4.74 Å². The molecule has 1 atom stereocenters. The molecule has 0 heterocycles. The molecule has 2 heteroatoms. The quantitative estimate of drug-likeness (QED) is 0.822. The first-order chi connectivity index (χ1) is 8.75. The second-order valence-electron chi connectivity index (χ2n) is 5.38. The van der Waals surface area contributed by atoms with Gasteiger partial charge >= 0.3 is 0 Å². The largest absolute Gasteiger partial charge is 0.386 e. The molecular formula is C16H24O2. The molecule has 2 nitrogen and oxygen atoms in total. The maximum absolute atomic E-state index is 10.1. The fourth-order valence-corrected chi connectivity index (χ4v) is 2.61. The lowest BCUT2D eigenvalue weighted by atomic mass is 10.1. The average molecular weight is 248 g/mol. The van der Waals surface area contributed by atoms with Crippen molar-refractivity contribution in [1.82, 2.24) is 0 Å². The second kappa shape index (κ2) is 6.91. The van der Waals surface area contributed by atoms with Gasteiger partial charge in [-0.2, -0.15) is 0 Å². The van der Waals surface area contributed by atoms with Crippen LogP contribution in [0.3, 0.4) is 0 Å². The van der Waals surface area contributed by atoms with Gasteiger partial charge in [0.05, 0.1) is 12.7 Å². The van der Waals surface area contributed by atoms with Crippen molar-refractivity contribution in [2.24, 2.45) is 0 Å². The van der Waals surface area contributed by atoms with Crippen molar-refractivity contribution in [3.05, 3.63) is 35.4 Å². The summed E-state index contributed by atoms with van der Waals surface area (Å²) in [6.45, 7) is 2.47. The summed E-state index contributed by atoms with van der Waals surface area (Å²) in [4.78, 5) is 0. The number of hydrogen-bond acceptors (Lipinski definition) is 2. The summed E-state index contributed by atoms with van der Waals surface area (Å²) in [5.74, 6) is 0. The van der Waals surface area contributed by atoms with Gasteiger partial charge in [0.2, 0.25) is 0 Å². The number of rotatable bonds is 4. The molecule has 1 saturated carbocycles. The average Bonchev–Trinajstić information content (AvgIpc) is 2.64. The fraction of sp³-hybridized carbons (Fsp3) is 0.625. The molecule has 0 aliphatic heterocycles. The van der Waals surface area contributed by atoms with Gasteiger partial charge < -0.3 is 9.84 Å². The number of benzene rings is 1. The van der Waals surface area contributed by atoms with Gasteiger partial charge in [-0.3, -0.25) is 0 Å². The van der Waals surface area contributed by atoms with Crippen molar-refractivity contribution in [3.8, 4) is 0 Å². The van der Waals surface area contributed by atoms with Crippen molar-refractivity contribution in [2.45, 2.75) is 57.7 Å². The Morgan fingerprint density at radius 1 is 1.22 bits per heavy atom. The highest BCUT2D eigenvalue weighted by Crippen LogP contribution is 2.22. The van der Waals surface area contributed by atoms with Gasteiger partial charge in [0.15, 0.2) is 0 Å². The van der Waals surface area contributed by atoms with Crippen LogP contribution in [0.5, 0.6) is 0 Å². The Balaban J connectivity index is 1.82. The van der Waals surface area contributed by atoms with E-state index in [-0.39, 0.29) is 0 Å². The lowest BCUT2D eigenvalue weighted by Gasteiger charge is -2.18. The molecule has 1 unspecified atom stereocenters. The van der Waals surface area contributed by atoms with Crippen molar-refractivity contribution in [3.63, 3.8) is 0 Å². The smallest absolute Gasteiger partial charge is 0.102 e. The molecule has 1 fully saturated rings. The monoisotopic (exact) mass is 248 g/mol. The number of hydrogen-bond donors (Lipinski definition) is 1. The Labute approximate surface area is 110 Å². The maximum atomic E-state index is 10.1. The Kier molecular flexibility index (Phi) is 5.21. The third kappa shape index (κ3) is 4.11. The molecule has 2 rings (SSSR count). The van der Waals surface area contributed by atoms with Crippen LogP contribution in [-0.4, -0.2) is 17.8 Å². The molecule has 1 aliphatic carbocycles. The third-order valence-electron chi connectivity index (χ3n) is 3.72. The van der Waals surface area contributed by atoms with E-state index in [1.807, 2.05) is 31.2 Å². The summed E-state index contributed by atoms with van der Waals surface area (Å²) in [6.07, 6.45) is 7.37. The minimum atomic E-state index is -0.492. The van der Waals surface area contributed by atoms with Gasteiger partial charge in [0.25, 0.3) is 0 Å². The number of ether oxygens (including phenoxy) is 1. The van der Waals surface area contributed by atoms with Crippen molar-refractivity contribution >= 4 is 0 Å². The first kappa shape index (κ1) is 13.6. The van der Waals surface area contributed by atoms with Crippen LogP contribution in [0, 0.1) is 6.92 Å². The van der Waals surface area contributed by atoms with Gasteiger partial charge in [-0.05, 0) is 25.3 Å². The van der Waals surface area contributed by atoms with Crippen molar-refractivity contribution < 1.29 is 9.84 Å². The Morgan fingerprint density at radius 2 is 1.94 bits per heavy atom. The Morgan fingerprint density at radius 3 is 2.61 bits per heavy atom. The van der Waals surface area contributed by atoms with E-state index in [2.05, 4.69) is 0 Å². The third-order valence-corrected chi connectivity index (χ3v) is 3.72. The normalized spacial score (nSPS) is 19.4.